The van der Waals surface area contributed by atoms with Crippen LogP contribution in [0.4, 0.5) is 5.69 Å². The van der Waals surface area contributed by atoms with Gasteiger partial charge in [-0.05, 0) is 12.1 Å². The summed E-state index contributed by atoms with van der Waals surface area (Å²) < 4.78 is 1.75. The highest BCUT2D eigenvalue weighted by molar-refractivity contribution is 7.15. The molecule has 1 amide bonds. The molecule has 0 aliphatic heterocycles. The summed E-state index contributed by atoms with van der Waals surface area (Å²) in [6.45, 7) is 0. The van der Waals surface area contributed by atoms with Gasteiger partial charge in [0.05, 0.1) is 10.7 Å². The molecule has 2 heterocycles. The minimum Gasteiger partial charge on any atom is -0.319 e. The van der Waals surface area contributed by atoms with E-state index in [-0.39, 0.29) is 5.91 Å². The lowest BCUT2D eigenvalue weighted by atomic mass is 10.3. The summed E-state index contributed by atoms with van der Waals surface area (Å²) in [6, 6.07) is 7.13. The lowest BCUT2D eigenvalue weighted by Crippen LogP contribution is -2.14. The number of nitrogens with zero attached hydrogens (tertiary/aromatic N) is 2. The third-order valence-electron chi connectivity index (χ3n) is 2.50. The Balaban J connectivity index is 1.93. The Morgan fingerprint density at radius 1 is 1.39 bits per heavy atom. The number of hydrogen-bond acceptors (Lipinski definition) is 3. The first-order valence-electron chi connectivity index (χ1n) is 5.22. The third kappa shape index (κ3) is 1.87. The van der Waals surface area contributed by atoms with E-state index >= 15 is 0 Å². The molecule has 0 spiro atoms. The average Bonchev–Trinajstić information content (AvgIpc) is 2.93. The van der Waals surface area contributed by atoms with Gasteiger partial charge in [0.1, 0.15) is 5.69 Å². The molecule has 0 atom stereocenters. The fourth-order valence-corrected chi connectivity index (χ4v) is 2.65. The monoisotopic (exact) mass is 277 g/mol. The standard InChI is InChI=1S/C12H8ClN3OS/c13-8-3-1-2-4-9(8)15-11(17)10-7-18-12-14-5-6-16(10)12/h1-7H,(H,15,17). The third-order valence-corrected chi connectivity index (χ3v) is 3.68. The van der Waals surface area contributed by atoms with Gasteiger partial charge in [-0.15, -0.1) is 11.3 Å². The van der Waals surface area contributed by atoms with Crippen LogP contribution in [0.2, 0.25) is 5.02 Å². The summed E-state index contributed by atoms with van der Waals surface area (Å²) in [5.41, 5.74) is 1.15. The number of carbonyl (C=O) groups excluding carboxylic acids is 1. The van der Waals surface area contributed by atoms with Crippen molar-refractivity contribution in [2.45, 2.75) is 0 Å². The number of nitrogens with one attached hydrogen (secondary N) is 1. The minimum absolute atomic E-state index is 0.202. The van der Waals surface area contributed by atoms with E-state index in [0.717, 1.165) is 4.96 Å². The molecule has 4 nitrogen and oxygen atoms in total. The van der Waals surface area contributed by atoms with Crippen molar-refractivity contribution in [3.8, 4) is 0 Å². The molecule has 3 rings (SSSR count). The summed E-state index contributed by atoms with van der Waals surface area (Å²) in [4.78, 5) is 17.0. The maximum absolute atomic E-state index is 12.1. The predicted octanol–water partition coefficient (Wildman–Crippen LogP) is 3.30. The van der Waals surface area contributed by atoms with E-state index in [1.165, 1.54) is 11.3 Å². The molecule has 1 aromatic carbocycles. The SMILES string of the molecule is O=C(Nc1ccccc1Cl)c1csc2nccn12. The molecule has 0 bridgehead atoms. The quantitative estimate of drug-likeness (QED) is 0.781. The van der Waals surface area contributed by atoms with Gasteiger partial charge in [0.2, 0.25) is 0 Å². The van der Waals surface area contributed by atoms with Crippen LogP contribution in [0, 0.1) is 0 Å². The Labute approximate surface area is 112 Å². The summed E-state index contributed by atoms with van der Waals surface area (Å²) >= 11 is 7.42. The lowest BCUT2D eigenvalue weighted by molar-refractivity contribution is 0.102. The topological polar surface area (TPSA) is 46.4 Å². The highest BCUT2D eigenvalue weighted by atomic mass is 35.5. The van der Waals surface area contributed by atoms with Crippen LogP contribution in [0.5, 0.6) is 0 Å². The second kappa shape index (κ2) is 4.44. The molecule has 90 valence electrons. The molecule has 6 heteroatoms. The number of rotatable bonds is 2. The van der Waals surface area contributed by atoms with Crippen LogP contribution in [0.1, 0.15) is 10.5 Å². The molecule has 18 heavy (non-hydrogen) atoms. The number of amides is 1. The fraction of sp³-hybridized carbons (Fsp3) is 0. The Morgan fingerprint density at radius 2 is 2.22 bits per heavy atom. The van der Waals surface area contributed by atoms with Gasteiger partial charge in [0.25, 0.3) is 5.91 Å². The number of imidazole rings is 1. The van der Waals surface area contributed by atoms with Gasteiger partial charge in [0, 0.05) is 17.8 Å². The van der Waals surface area contributed by atoms with Gasteiger partial charge in [-0.2, -0.15) is 0 Å². The summed E-state index contributed by atoms with van der Waals surface area (Å²) in [6.07, 6.45) is 3.42. The summed E-state index contributed by atoms with van der Waals surface area (Å²) in [5.74, 6) is -0.202. The number of anilines is 1. The van der Waals surface area contributed by atoms with E-state index in [4.69, 9.17) is 11.6 Å². The molecule has 0 saturated heterocycles. The number of benzene rings is 1. The van der Waals surface area contributed by atoms with Crippen molar-refractivity contribution in [2.24, 2.45) is 0 Å². The van der Waals surface area contributed by atoms with E-state index in [1.807, 2.05) is 12.1 Å². The molecule has 3 aromatic rings. The number of aromatic nitrogens is 2. The molecular weight excluding hydrogens is 270 g/mol. The number of hydrogen-bond donors (Lipinski definition) is 1. The first-order chi connectivity index (χ1) is 8.75. The first kappa shape index (κ1) is 11.3. The Hall–Kier alpha value is -1.85. The number of carbonyl (C=O) groups is 1. The van der Waals surface area contributed by atoms with Crippen LogP contribution in [-0.4, -0.2) is 15.3 Å². The molecule has 0 fully saturated rings. The Kier molecular flexibility index (Phi) is 2.77. The second-order valence-corrected chi connectivity index (χ2v) is 4.88. The van der Waals surface area contributed by atoms with Gasteiger partial charge >= 0.3 is 0 Å². The van der Waals surface area contributed by atoms with Gasteiger partial charge in [-0.25, -0.2) is 4.98 Å². The summed E-state index contributed by atoms with van der Waals surface area (Å²) in [7, 11) is 0. The van der Waals surface area contributed by atoms with Crippen LogP contribution in [0.25, 0.3) is 4.96 Å². The van der Waals surface area contributed by atoms with Crippen molar-refractivity contribution in [3.63, 3.8) is 0 Å². The fourth-order valence-electron chi connectivity index (χ4n) is 1.64. The van der Waals surface area contributed by atoms with Crippen molar-refractivity contribution >= 4 is 39.5 Å². The number of fused-ring (bicyclic) bond motifs is 1. The highest BCUT2D eigenvalue weighted by Crippen LogP contribution is 2.22. The Morgan fingerprint density at radius 3 is 3.06 bits per heavy atom. The van der Waals surface area contributed by atoms with Gasteiger partial charge < -0.3 is 5.32 Å². The molecule has 0 radical (unpaired) electrons. The van der Waals surface area contributed by atoms with Gasteiger partial charge in [0.15, 0.2) is 4.96 Å². The largest absolute Gasteiger partial charge is 0.319 e. The van der Waals surface area contributed by atoms with Gasteiger partial charge in [-0.1, -0.05) is 23.7 Å². The maximum Gasteiger partial charge on any atom is 0.273 e. The van der Waals surface area contributed by atoms with Crippen molar-refractivity contribution in [3.05, 3.63) is 52.8 Å². The number of para-hydroxylation sites is 1. The van der Waals surface area contributed by atoms with E-state index in [2.05, 4.69) is 10.3 Å². The van der Waals surface area contributed by atoms with Crippen LogP contribution >= 0.6 is 22.9 Å². The molecule has 0 aliphatic rings. The van der Waals surface area contributed by atoms with Crippen molar-refractivity contribution < 1.29 is 4.79 Å². The molecule has 0 aliphatic carbocycles. The average molecular weight is 278 g/mol. The lowest BCUT2D eigenvalue weighted by Gasteiger charge is -2.05. The Bertz CT molecular complexity index is 719. The molecule has 0 saturated carbocycles. The molecular formula is C12H8ClN3OS. The second-order valence-electron chi connectivity index (χ2n) is 3.63. The smallest absolute Gasteiger partial charge is 0.273 e. The zero-order valence-electron chi connectivity index (χ0n) is 9.13. The number of thiazole rings is 1. The highest BCUT2D eigenvalue weighted by Gasteiger charge is 2.13. The number of halogens is 1. The van der Waals surface area contributed by atoms with E-state index in [0.29, 0.717) is 16.4 Å². The van der Waals surface area contributed by atoms with Crippen molar-refractivity contribution in [1.82, 2.24) is 9.38 Å². The van der Waals surface area contributed by atoms with Crippen molar-refractivity contribution in [2.75, 3.05) is 5.32 Å². The first-order valence-corrected chi connectivity index (χ1v) is 6.48. The van der Waals surface area contributed by atoms with Crippen LogP contribution in [-0.2, 0) is 0 Å². The zero-order valence-corrected chi connectivity index (χ0v) is 10.7. The minimum atomic E-state index is -0.202. The predicted molar refractivity (Wildman–Crippen MR) is 72.5 cm³/mol. The normalized spacial score (nSPS) is 10.7. The van der Waals surface area contributed by atoms with Crippen LogP contribution in [0.3, 0.4) is 0 Å². The van der Waals surface area contributed by atoms with Gasteiger partial charge in [-0.3, -0.25) is 9.20 Å². The molecule has 2 aromatic heterocycles. The van der Waals surface area contributed by atoms with E-state index in [9.17, 15) is 4.79 Å². The van der Waals surface area contributed by atoms with E-state index in [1.54, 1.807) is 34.3 Å². The summed E-state index contributed by atoms with van der Waals surface area (Å²) in [5, 5.41) is 5.07. The molecule has 0 unspecified atom stereocenters. The molecule has 1 N–H and O–H groups in total. The maximum atomic E-state index is 12.1. The zero-order chi connectivity index (χ0) is 12.5. The van der Waals surface area contributed by atoms with E-state index < -0.39 is 0 Å². The van der Waals surface area contributed by atoms with Crippen molar-refractivity contribution in [1.29, 1.82) is 0 Å². The van der Waals surface area contributed by atoms with Crippen LogP contribution in [0.15, 0.2) is 42.0 Å². The van der Waals surface area contributed by atoms with Crippen LogP contribution < -0.4 is 5.32 Å².